The van der Waals surface area contributed by atoms with Crippen LogP contribution in [0.15, 0.2) is 0 Å². The van der Waals surface area contributed by atoms with Gasteiger partial charge in [0.15, 0.2) is 0 Å². The summed E-state index contributed by atoms with van der Waals surface area (Å²) in [6.45, 7) is 10.0. The molecule has 1 aliphatic rings. The molecule has 5 nitrogen and oxygen atoms in total. The SMILES string of the molecule is CCN1CCCC1CNCCOCCOCCOC. The first-order valence-electron chi connectivity index (χ1n) is 7.47. The molecule has 1 rings (SSSR count). The molecule has 0 spiro atoms. The second-order valence-corrected chi connectivity index (χ2v) is 4.85. The molecule has 0 radical (unpaired) electrons. The Morgan fingerprint density at radius 2 is 1.84 bits per heavy atom. The van der Waals surface area contributed by atoms with Crippen LogP contribution in [0.25, 0.3) is 0 Å². The summed E-state index contributed by atoms with van der Waals surface area (Å²) < 4.78 is 15.7. The van der Waals surface area contributed by atoms with Gasteiger partial charge in [-0.05, 0) is 25.9 Å². The van der Waals surface area contributed by atoms with Gasteiger partial charge in [-0.3, -0.25) is 4.90 Å². The summed E-state index contributed by atoms with van der Waals surface area (Å²) in [6.07, 6.45) is 2.67. The number of ether oxygens (including phenoxy) is 3. The Morgan fingerprint density at radius 3 is 2.58 bits per heavy atom. The molecule has 1 saturated heterocycles. The Kier molecular flexibility index (Phi) is 10.3. The highest BCUT2D eigenvalue weighted by Crippen LogP contribution is 2.15. The Labute approximate surface area is 117 Å². The summed E-state index contributed by atoms with van der Waals surface area (Å²) in [4.78, 5) is 2.55. The van der Waals surface area contributed by atoms with Crippen molar-refractivity contribution in [2.24, 2.45) is 0 Å². The molecule has 0 aromatic carbocycles. The van der Waals surface area contributed by atoms with Crippen molar-refractivity contribution in [3.05, 3.63) is 0 Å². The third-order valence-electron chi connectivity index (χ3n) is 3.51. The highest BCUT2D eigenvalue weighted by Gasteiger charge is 2.21. The number of hydrogen-bond acceptors (Lipinski definition) is 5. The molecular weight excluding hydrogens is 244 g/mol. The van der Waals surface area contributed by atoms with Gasteiger partial charge in [0.1, 0.15) is 0 Å². The summed E-state index contributed by atoms with van der Waals surface area (Å²) in [5.74, 6) is 0. The quantitative estimate of drug-likeness (QED) is 0.532. The largest absolute Gasteiger partial charge is 0.382 e. The summed E-state index contributed by atoms with van der Waals surface area (Å²) in [6, 6.07) is 0.724. The van der Waals surface area contributed by atoms with E-state index >= 15 is 0 Å². The number of nitrogens with zero attached hydrogens (tertiary/aromatic N) is 1. The minimum Gasteiger partial charge on any atom is -0.382 e. The maximum atomic E-state index is 5.49. The van der Waals surface area contributed by atoms with E-state index in [1.807, 2.05) is 0 Å². The molecule has 0 amide bonds. The summed E-state index contributed by atoms with van der Waals surface area (Å²) in [7, 11) is 1.68. The van der Waals surface area contributed by atoms with Gasteiger partial charge in [-0.2, -0.15) is 0 Å². The summed E-state index contributed by atoms with van der Waals surface area (Å²) in [5, 5.41) is 3.48. The van der Waals surface area contributed by atoms with Crippen molar-refractivity contribution in [2.45, 2.75) is 25.8 Å². The van der Waals surface area contributed by atoms with Gasteiger partial charge in [-0.25, -0.2) is 0 Å². The van der Waals surface area contributed by atoms with E-state index in [1.165, 1.54) is 25.9 Å². The van der Waals surface area contributed by atoms with Crippen LogP contribution >= 0.6 is 0 Å². The van der Waals surface area contributed by atoms with Crippen molar-refractivity contribution in [3.63, 3.8) is 0 Å². The molecule has 1 N–H and O–H groups in total. The summed E-state index contributed by atoms with van der Waals surface area (Å²) in [5.41, 5.74) is 0. The van der Waals surface area contributed by atoms with Gasteiger partial charge in [0.25, 0.3) is 0 Å². The molecule has 0 saturated carbocycles. The Hall–Kier alpha value is -0.200. The number of hydrogen-bond donors (Lipinski definition) is 1. The van der Waals surface area contributed by atoms with Gasteiger partial charge < -0.3 is 19.5 Å². The smallest absolute Gasteiger partial charge is 0.0701 e. The normalized spacial score (nSPS) is 20.2. The average Bonchev–Trinajstić information content (AvgIpc) is 2.88. The third kappa shape index (κ3) is 7.84. The van der Waals surface area contributed by atoms with Crippen molar-refractivity contribution in [3.8, 4) is 0 Å². The van der Waals surface area contributed by atoms with Gasteiger partial charge in [0, 0.05) is 26.2 Å². The van der Waals surface area contributed by atoms with E-state index in [0.29, 0.717) is 26.4 Å². The molecule has 1 fully saturated rings. The van der Waals surface area contributed by atoms with Crippen molar-refractivity contribution in [1.29, 1.82) is 0 Å². The fraction of sp³-hybridized carbons (Fsp3) is 1.00. The minimum absolute atomic E-state index is 0.645. The minimum atomic E-state index is 0.645. The van der Waals surface area contributed by atoms with Gasteiger partial charge in [0.05, 0.1) is 33.0 Å². The molecule has 1 heterocycles. The van der Waals surface area contributed by atoms with Crippen LogP contribution in [-0.2, 0) is 14.2 Å². The molecule has 0 aromatic rings. The highest BCUT2D eigenvalue weighted by atomic mass is 16.5. The fourth-order valence-electron chi connectivity index (χ4n) is 2.42. The first-order chi connectivity index (χ1) is 9.38. The van der Waals surface area contributed by atoms with Crippen LogP contribution in [0.4, 0.5) is 0 Å². The van der Waals surface area contributed by atoms with Crippen LogP contribution in [0, 0.1) is 0 Å². The summed E-state index contributed by atoms with van der Waals surface area (Å²) >= 11 is 0. The second-order valence-electron chi connectivity index (χ2n) is 4.85. The van der Waals surface area contributed by atoms with Gasteiger partial charge in [-0.1, -0.05) is 6.92 Å². The van der Waals surface area contributed by atoms with E-state index in [2.05, 4.69) is 17.1 Å². The number of nitrogens with one attached hydrogen (secondary N) is 1. The lowest BCUT2D eigenvalue weighted by molar-refractivity contribution is 0.0254. The monoisotopic (exact) mass is 274 g/mol. The van der Waals surface area contributed by atoms with Crippen LogP contribution in [0.3, 0.4) is 0 Å². The van der Waals surface area contributed by atoms with Crippen LogP contribution < -0.4 is 5.32 Å². The molecule has 5 heteroatoms. The zero-order valence-electron chi connectivity index (χ0n) is 12.5. The zero-order valence-corrected chi connectivity index (χ0v) is 12.5. The van der Waals surface area contributed by atoms with Crippen molar-refractivity contribution >= 4 is 0 Å². The first-order valence-corrected chi connectivity index (χ1v) is 7.47. The van der Waals surface area contributed by atoms with Crippen LogP contribution in [0.5, 0.6) is 0 Å². The molecule has 0 aromatic heterocycles. The fourth-order valence-corrected chi connectivity index (χ4v) is 2.42. The van der Waals surface area contributed by atoms with E-state index in [-0.39, 0.29) is 0 Å². The number of rotatable bonds is 12. The highest BCUT2D eigenvalue weighted by molar-refractivity contribution is 4.79. The molecule has 114 valence electrons. The standard InChI is InChI=1S/C14H30N2O3/c1-3-16-7-4-5-14(16)13-15-6-8-18-11-12-19-10-9-17-2/h14-15H,3-13H2,1-2H3. The number of methoxy groups -OCH3 is 1. The molecule has 0 bridgehead atoms. The topological polar surface area (TPSA) is 43.0 Å². The predicted molar refractivity (Wildman–Crippen MR) is 76.7 cm³/mol. The zero-order chi connectivity index (χ0) is 13.8. The van der Waals surface area contributed by atoms with Crippen molar-refractivity contribution < 1.29 is 14.2 Å². The Morgan fingerprint density at radius 1 is 1.11 bits per heavy atom. The van der Waals surface area contributed by atoms with E-state index in [4.69, 9.17) is 14.2 Å². The van der Waals surface area contributed by atoms with Crippen LogP contribution in [-0.4, -0.2) is 77.3 Å². The van der Waals surface area contributed by atoms with Crippen LogP contribution in [0.1, 0.15) is 19.8 Å². The van der Waals surface area contributed by atoms with Crippen LogP contribution in [0.2, 0.25) is 0 Å². The number of likely N-dealkylation sites (tertiary alicyclic amines) is 1. The predicted octanol–water partition coefficient (Wildman–Crippen LogP) is 0.740. The molecule has 1 atom stereocenters. The lowest BCUT2D eigenvalue weighted by Crippen LogP contribution is -2.38. The van der Waals surface area contributed by atoms with Gasteiger partial charge in [0.2, 0.25) is 0 Å². The second kappa shape index (κ2) is 11.6. The maximum absolute atomic E-state index is 5.49. The van der Waals surface area contributed by atoms with Crippen molar-refractivity contribution in [1.82, 2.24) is 10.2 Å². The number of likely N-dealkylation sites (N-methyl/N-ethyl adjacent to an activating group) is 1. The average molecular weight is 274 g/mol. The van der Waals surface area contributed by atoms with E-state index in [0.717, 1.165) is 25.7 Å². The first kappa shape index (κ1) is 16.9. The molecule has 19 heavy (non-hydrogen) atoms. The third-order valence-corrected chi connectivity index (χ3v) is 3.51. The Balaban J connectivity index is 1.81. The Bertz CT molecular complexity index is 205. The van der Waals surface area contributed by atoms with Gasteiger partial charge in [-0.15, -0.1) is 0 Å². The van der Waals surface area contributed by atoms with E-state index in [1.54, 1.807) is 7.11 Å². The molecule has 1 unspecified atom stereocenters. The maximum Gasteiger partial charge on any atom is 0.0701 e. The molecule has 1 aliphatic heterocycles. The van der Waals surface area contributed by atoms with Crippen molar-refractivity contribution in [2.75, 3.05) is 66.3 Å². The van der Waals surface area contributed by atoms with Gasteiger partial charge >= 0.3 is 0 Å². The van der Waals surface area contributed by atoms with E-state index in [9.17, 15) is 0 Å². The lowest BCUT2D eigenvalue weighted by Gasteiger charge is -2.22. The molecular formula is C14H30N2O3. The lowest BCUT2D eigenvalue weighted by atomic mass is 10.2. The molecule has 0 aliphatic carbocycles. The van der Waals surface area contributed by atoms with E-state index < -0.39 is 0 Å².